The van der Waals surface area contributed by atoms with Crippen molar-refractivity contribution in [2.24, 2.45) is 0 Å². The number of hydrogen-bond acceptors (Lipinski definition) is 4. The van der Waals surface area contributed by atoms with Crippen LogP contribution in [-0.2, 0) is 11.3 Å². The van der Waals surface area contributed by atoms with Crippen molar-refractivity contribution in [1.29, 1.82) is 0 Å². The van der Waals surface area contributed by atoms with Crippen molar-refractivity contribution in [1.82, 2.24) is 10.6 Å². The van der Waals surface area contributed by atoms with Gasteiger partial charge in [-0.2, -0.15) is 0 Å². The Morgan fingerprint density at radius 1 is 1.38 bits per heavy atom. The van der Waals surface area contributed by atoms with E-state index in [0.717, 1.165) is 17.9 Å². The number of ether oxygens (including phenoxy) is 2. The number of amides is 1. The molecule has 1 aromatic rings. The number of hydrogen-bond donors (Lipinski definition) is 2. The van der Waals surface area contributed by atoms with Crippen LogP contribution in [0.5, 0.6) is 11.5 Å². The predicted molar refractivity (Wildman–Crippen MR) is 81.6 cm³/mol. The third kappa shape index (κ3) is 5.27. The van der Waals surface area contributed by atoms with Crippen molar-refractivity contribution >= 4 is 5.91 Å². The lowest BCUT2D eigenvalue weighted by atomic mass is 10.2. The van der Waals surface area contributed by atoms with Crippen molar-refractivity contribution in [2.45, 2.75) is 45.3 Å². The van der Waals surface area contributed by atoms with Crippen LogP contribution in [-0.4, -0.2) is 31.7 Å². The number of benzene rings is 1. The molecule has 0 heterocycles. The Balaban J connectivity index is 1.97. The predicted octanol–water partition coefficient (Wildman–Crippen LogP) is 1.85. The van der Waals surface area contributed by atoms with Crippen LogP contribution in [0.15, 0.2) is 18.2 Å². The Hall–Kier alpha value is -1.75. The van der Waals surface area contributed by atoms with Crippen LogP contribution in [0.3, 0.4) is 0 Å². The summed E-state index contributed by atoms with van der Waals surface area (Å²) in [7, 11) is 1.62. The van der Waals surface area contributed by atoms with Crippen LogP contribution < -0.4 is 20.1 Å². The Morgan fingerprint density at radius 2 is 2.14 bits per heavy atom. The fraction of sp³-hybridized carbons (Fsp3) is 0.562. The number of carbonyl (C=O) groups excluding carboxylic acids is 1. The highest BCUT2D eigenvalue weighted by Crippen LogP contribution is 2.26. The van der Waals surface area contributed by atoms with E-state index < -0.39 is 0 Å². The lowest BCUT2D eigenvalue weighted by Crippen LogP contribution is -2.34. The molecule has 1 aliphatic rings. The highest BCUT2D eigenvalue weighted by molar-refractivity contribution is 5.77. The number of methoxy groups -OCH3 is 1. The third-order valence-electron chi connectivity index (χ3n) is 3.24. The molecule has 5 heteroatoms. The van der Waals surface area contributed by atoms with E-state index in [1.807, 2.05) is 32.0 Å². The molecule has 1 saturated carbocycles. The molecule has 1 fully saturated rings. The van der Waals surface area contributed by atoms with E-state index in [1.54, 1.807) is 7.11 Å². The highest BCUT2D eigenvalue weighted by Gasteiger charge is 2.20. The van der Waals surface area contributed by atoms with Gasteiger partial charge in [0.15, 0.2) is 6.61 Å². The Kier molecular flexibility index (Phi) is 5.44. The summed E-state index contributed by atoms with van der Waals surface area (Å²) < 4.78 is 10.9. The van der Waals surface area contributed by atoms with E-state index in [-0.39, 0.29) is 18.6 Å². The third-order valence-corrected chi connectivity index (χ3v) is 3.24. The van der Waals surface area contributed by atoms with Gasteiger partial charge < -0.3 is 20.1 Å². The standard InChI is InChI=1S/C16H24N2O3/c1-11(2)18-16(19)10-21-15-8-14(20-3)7-4-12(15)9-17-13-5-6-13/h4,7-8,11,13,17H,5-6,9-10H2,1-3H3,(H,18,19). The molecule has 1 aromatic carbocycles. The topological polar surface area (TPSA) is 59.6 Å². The van der Waals surface area contributed by atoms with Gasteiger partial charge in [0.2, 0.25) is 0 Å². The number of nitrogens with one attached hydrogen (secondary N) is 2. The molecular formula is C16H24N2O3. The maximum atomic E-state index is 11.7. The summed E-state index contributed by atoms with van der Waals surface area (Å²) in [5, 5.41) is 6.26. The smallest absolute Gasteiger partial charge is 0.258 e. The van der Waals surface area contributed by atoms with E-state index >= 15 is 0 Å². The van der Waals surface area contributed by atoms with Crippen LogP contribution in [0, 0.1) is 0 Å². The van der Waals surface area contributed by atoms with Gasteiger partial charge in [-0.3, -0.25) is 4.79 Å². The molecule has 0 saturated heterocycles. The molecule has 0 atom stereocenters. The normalized spacial score (nSPS) is 14.1. The molecule has 0 radical (unpaired) electrons. The van der Waals surface area contributed by atoms with E-state index in [2.05, 4.69) is 10.6 Å². The summed E-state index contributed by atoms with van der Waals surface area (Å²) >= 11 is 0. The van der Waals surface area contributed by atoms with Gasteiger partial charge in [-0.05, 0) is 32.8 Å². The van der Waals surface area contributed by atoms with Crippen LogP contribution in [0.1, 0.15) is 32.3 Å². The average molecular weight is 292 g/mol. The van der Waals surface area contributed by atoms with Gasteiger partial charge in [0.25, 0.3) is 5.91 Å². The number of rotatable bonds is 8. The maximum Gasteiger partial charge on any atom is 0.258 e. The average Bonchev–Trinajstić information content (AvgIpc) is 3.26. The van der Waals surface area contributed by atoms with Gasteiger partial charge in [0.1, 0.15) is 11.5 Å². The first-order valence-electron chi connectivity index (χ1n) is 7.41. The highest BCUT2D eigenvalue weighted by atomic mass is 16.5. The second kappa shape index (κ2) is 7.31. The zero-order valence-electron chi connectivity index (χ0n) is 12.9. The molecule has 21 heavy (non-hydrogen) atoms. The van der Waals surface area contributed by atoms with Crippen molar-refractivity contribution < 1.29 is 14.3 Å². The second-order valence-corrected chi connectivity index (χ2v) is 5.64. The fourth-order valence-electron chi connectivity index (χ4n) is 1.99. The molecule has 0 bridgehead atoms. The molecule has 116 valence electrons. The molecule has 0 aliphatic heterocycles. The van der Waals surface area contributed by atoms with E-state index in [9.17, 15) is 4.79 Å². The first-order chi connectivity index (χ1) is 10.1. The molecule has 0 unspecified atom stereocenters. The SMILES string of the molecule is COc1ccc(CNC2CC2)c(OCC(=O)NC(C)C)c1. The molecule has 5 nitrogen and oxygen atoms in total. The molecular weight excluding hydrogens is 268 g/mol. The van der Waals surface area contributed by atoms with Crippen molar-refractivity contribution in [3.8, 4) is 11.5 Å². The molecule has 2 N–H and O–H groups in total. The first-order valence-corrected chi connectivity index (χ1v) is 7.41. The van der Waals surface area contributed by atoms with Crippen LogP contribution in [0.25, 0.3) is 0 Å². The summed E-state index contributed by atoms with van der Waals surface area (Å²) in [6.07, 6.45) is 2.48. The summed E-state index contributed by atoms with van der Waals surface area (Å²) in [5.74, 6) is 1.31. The largest absolute Gasteiger partial charge is 0.497 e. The minimum Gasteiger partial charge on any atom is -0.497 e. The summed E-state index contributed by atoms with van der Waals surface area (Å²) in [6, 6.07) is 6.45. The van der Waals surface area contributed by atoms with Gasteiger partial charge in [0.05, 0.1) is 7.11 Å². The molecule has 1 amide bonds. The van der Waals surface area contributed by atoms with E-state index in [4.69, 9.17) is 9.47 Å². The Labute approximate surface area is 126 Å². The van der Waals surface area contributed by atoms with Gasteiger partial charge in [-0.25, -0.2) is 0 Å². The Morgan fingerprint density at radius 3 is 2.76 bits per heavy atom. The summed E-state index contributed by atoms with van der Waals surface area (Å²) in [4.78, 5) is 11.7. The zero-order chi connectivity index (χ0) is 15.2. The lowest BCUT2D eigenvalue weighted by Gasteiger charge is -2.14. The van der Waals surface area contributed by atoms with Crippen LogP contribution in [0.4, 0.5) is 0 Å². The van der Waals surface area contributed by atoms with Gasteiger partial charge >= 0.3 is 0 Å². The van der Waals surface area contributed by atoms with E-state index in [1.165, 1.54) is 12.8 Å². The van der Waals surface area contributed by atoms with Gasteiger partial charge in [-0.15, -0.1) is 0 Å². The maximum absolute atomic E-state index is 11.7. The Bertz CT molecular complexity index is 484. The molecule has 0 spiro atoms. The first kappa shape index (κ1) is 15.6. The fourth-order valence-corrected chi connectivity index (χ4v) is 1.99. The van der Waals surface area contributed by atoms with Crippen LogP contribution >= 0.6 is 0 Å². The van der Waals surface area contributed by atoms with Crippen molar-refractivity contribution in [3.63, 3.8) is 0 Å². The second-order valence-electron chi connectivity index (χ2n) is 5.64. The van der Waals surface area contributed by atoms with Gasteiger partial charge in [-0.1, -0.05) is 6.07 Å². The van der Waals surface area contributed by atoms with Gasteiger partial charge in [0, 0.05) is 30.3 Å². The van der Waals surface area contributed by atoms with Crippen molar-refractivity contribution in [2.75, 3.05) is 13.7 Å². The van der Waals surface area contributed by atoms with Crippen LogP contribution in [0.2, 0.25) is 0 Å². The lowest BCUT2D eigenvalue weighted by molar-refractivity contribution is -0.123. The van der Waals surface area contributed by atoms with E-state index in [0.29, 0.717) is 11.8 Å². The monoisotopic (exact) mass is 292 g/mol. The minimum atomic E-state index is -0.117. The van der Waals surface area contributed by atoms with Crippen molar-refractivity contribution in [3.05, 3.63) is 23.8 Å². The summed E-state index contributed by atoms with van der Waals surface area (Å²) in [6.45, 7) is 4.61. The quantitative estimate of drug-likeness (QED) is 0.768. The molecule has 2 rings (SSSR count). The molecule has 0 aromatic heterocycles. The molecule has 1 aliphatic carbocycles. The zero-order valence-corrected chi connectivity index (χ0v) is 12.9. The minimum absolute atomic E-state index is 0.0157. The summed E-state index contributed by atoms with van der Waals surface area (Å²) in [5.41, 5.74) is 1.04. The number of carbonyl (C=O) groups is 1.